The minimum Gasteiger partial charge on any atom is -0.493 e. The standard InChI is InChI=1S/C27H24O/c1-2-4-7-6(3-1)27-24-18-12-9-8-10-14(12)20(24)22-16(10)17-11(8)15-13(9)19(18)25(27)21(15)23(17)26(22,27)5-28-7/h1-4,8-25H,5H2/t8?,9?,10-,11-,12-,13+,14-,15+,16-,17+,18+,19+,20+,21-,22-,23-,24+,25-,26?,27?/m1/s1. The van der Waals surface area contributed by atoms with Crippen LogP contribution in [0, 0.1) is 112 Å². The van der Waals surface area contributed by atoms with Crippen molar-refractivity contribution in [1.82, 2.24) is 0 Å². The molecule has 1 aromatic carbocycles. The van der Waals surface area contributed by atoms with Crippen LogP contribution < -0.4 is 4.74 Å². The van der Waals surface area contributed by atoms with Gasteiger partial charge in [0.2, 0.25) is 0 Å². The number of rotatable bonds is 0. The molecule has 0 aromatic heterocycles. The molecule has 14 rings (SSSR count). The first kappa shape index (κ1) is 12.0. The van der Waals surface area contributed by atoms with Crippen LogP contribution in [0.3, 0.4) is 0 Å². The van der Waals surface area contributed by atoms with Crippen molar-refractivity contribution in [3.63, 3.8) is 0 Å². The van der Waals surface area contributed by atoms with Crippen molar-refractivity contribution in [1.29, 1.82) is 0 Å². The molecule has 1 aliphatic heterocycles. The number of fused-ring (bicyclic) bond motifs is 1. The Morgan fingerprint density at radius 1 is 0.571 bits per heavy atom. The van der Waals surface area contributed by atoms with Crippen molar-refractivity contribution in [2.75, 3.05) is 6.61 Å². The second-order valence-electron chi connectivity index (χ2n) is 13.9. The molecular weight excluding hydrogens is 340 g/mol. The van der Waals surface area contributed by atoms with Crippen LogP contribution in [0.15, 0.2) is 24.3 Å². The summed E-state index contributed by atoms with van der Waals surface area (Å²) in [6.07, 6.45) is 0. The highest BCUT2D eigenvalue weighted by molar-refractivity contribution is 5.60. The van der Waals surface area contributed by atoms with E-state index in [4.69, 9.17) is 4.74 Å². The van der Waals surface area contributed by atoms with Gasteiger partial charge in [-0.2, -0.15) is 0 Å². The Morgan fingerprint density at radius 2 is 1.07 bits per heavy atom. The van der Waals surface area contributed by atoms with Crippen LogP contribution in [0.2, 0.25) is 0 Å². The number of para-hydroxylation sites is 1. The lowest BCUT2D eigenvalue weighted by molar-refractivity contribution is -0.0134. The maximum atomic E-state index is 6.79. The quantitative estimate of drug-likeness (QED) is 0.684. The van der Waals surface area contributed by atoms with Gasteiger partial charge < -0.3 is 4.74 Å². The average Bonchev–Trinajstić information content (AvgIpc) is 3.44. The molecule has 4 unspecified atom stereocenters. The summed E-state index contributed by atoms with van der Waals surface area (Å²) < 4.78 is 6.79. The molecule has 12 fully saturated rings. The summed E-state index contributed by atoms with van der Waals surface area (Å²) in [6, 6.07) is 9.55. The SMILES string of the molecule is c1ccc2c(c1)OCC13[C@@H]4[C@@H]5[C@@H]6C7C8[C@@H]9[C@@H]6[C@@H]4[C@@H]4[C@@H]9[C@@H]6[C@@H]8[C@@H]8[C@@H]7[C@@H]5[C@@H]1[C@@H]8[C@@H]6C243. The van der Waals surface area contributed by atoms with Crippen molar-refractivity contribution < 1.29 is 4.74 Å². The third-order valence-electron chi connectivity index (χ3n) is 15.7. The summed E-state index contributed by atoms with van der Waals surface area (Å²) in [6.45, 7) is 1.13. The number of hydrogen-bond donors (Lipinski definition) is 0. The zero-order chi connectivity index (χ0) is 16.8. The van der Waals surface area contributed by atoms with Gasteiger partial charge in [0.1, 0.15) is 5.75 Å². The molecule has 13 aliphatic rings. The highest BCUT2D eigenvalue weighted by Crippen LogP contribution is 3.06. The van der Waals surface area contributed by atoms with Gasteiger partial charge in [0.15, 0.2) is 0 Å². The van der Waals surface area contributed by atoms with Gasteiger partial charge in [-0.05, 0) is 113 Å². The summed E-state index contributed by atoms with van der Waals surface area (Å²) in [5.41, 5.74) is 2.94. The molecule has 0 radical (unpaired) electrons. The lowest BCUT2D eigenvalue weighted by Gasteiger charge is -2.52. The zero-order valence-corrected chi connectivity index (χ0v) is 15.8. The van der Waals surface area contributed by atoms with Gasteiger partial charge in [-0.3, -0.25) is 0 Å². The molecular formula is C27H24O. The molecule has 0 bridgehead atoms. The van der Waals surface area contributed by atoms with E-state index in [1.54, 1.807) is 5.56 Å². The summed E-state index contributed by atoms with van der Waals surface area (Å²) in [5.74, 6) is 22.4. The van der Waals surface area contributed by atoms with E-state index in [2.05, 4.69) is 24.3 Å². The summed E-state index contributed by atoms with van der Waals surface area (Å²) in [5, 5.41) is 0. The molecule has 0 saturated heterocycles. The first-order valence-electron chi connectivity index (χ1n) is 12.7. The fraction of sp³-hybridized carbons (Fsp3) is 0.778. The second-order valence-corrected chi connectivity index (χ2v) is 13.9. The zero-order valence-electron chi connectivity index (χ0n) is 15.8. The fourth-order valence-electron chi connectivity index (χ4n) is 17.8. The maximum absolute atomic E-state index is 6.79. The van der Waals surface area contributed by atoms with Crippen molar-refractivity contribution in [2.24, 2.45) is 112 Å². The second kappa shape index (κ2) is 2.75. The van der Waals surface area contributed by atoms with Crippen LogP contribution in [0.4, 0.5) is 0 Å². The molecule has 1 nitrogen and oxygen atoms in total. The van der Waals surface area contributed by atoms with E-state index in [0.29, 0.717) is 10.8 Å². The van der Waals surface area contributed by atoms with E-state index >= 15 is 0 Å². The van der Waals surface area contributed by atoms with Crippen LogP contribution in [-0.4, -0.2) is 6.61 Å². The van der Waals surface area contributed by atoms with Crippen molar-refractivity contribution in [2.45, 2.75) is 5.41 Å². The maximum Gasteiger partial charge on any atom is 0.123 e. The first-order valence-corrected chi connectivity index (χ1v) is 12.7. The third-order valence-corrected chi connectivity index (χ3v) is 15.7. The van der Waals surface area contributed by atoms with Crippen molar-refractivity contribution >= 4 is 0 Å². The van der Waals surface area contributed by atoms with Gasteiger partial charge in [0.25, 0.3) is 0 Å². The number of ether oxygens (including phenoxy) is 1. The molecule has 12 aliphatic carbocycles. The van der Waals surface area contributed by atoms with Gasteiger partial charge in [0, 0.05) is 16.4 Å². The van der Waals surface area contributed by atoms with Crippen LogP contribution in [0.5, 0.6) is 5.75 Å². The molecule has 1 heteroatoms. The summed E-state index contributed by atoms with van der Waals surface area (Å²) in [7, 11) is 0. The predicted octanol–water partition coefficient (Wildman–Crippen LogP) is 3.54. The summed E-state index contributed by atoms with van der Waals surface area (Å²) in [4.78, 5) is 0. The molecule has 0 N–H and O–H groups in total. The van der Waals surface area contributed by atoms with Crippen LogP contribution >= 0.6 is 0 Å². The molecule has 20 atom stereocenters. The third kappa shape index (κ3) is 0.601. The van der Waals surface area contributed by atoms with Crippen molar-refractivity contribution in [3.05, 3.63) is 29.8 Å². The van der Waals surface area contributed by atoms with Crippen LogP contribution in [-0.2, 0) is 5.41 Å². The topological polar surface area (TPSA) is 9.23 Å². The largest absolute Gasteiger partial charge is 0.493 e. The molecule has 138 valence electrons. The van der Waals surface area contributed by atoms with Gasteiger partial charge >= 0.3 is 0 Å². The summed E-state index contributed by atoms with van der Waals surface area (Å²) >= 11 is 0. The van der Waals surface area contributed by atoms with Gasteiger partial charge in [-0.1, -0.05) is 18.2 Å². The lowest BCUT2D eigenvalue weighted by Crippen LogP contribution is -2.54. The van der Waals surface area contributed by atoms with E-state index in [1.807, 2.05) is 0 Å². The minimum absolute atomic E-state index is 0.583. The van der Waals surface area contributed by atoms with E-state index in [-0.39, 0.29) is 0 Å². The molecule has 1 aromatic rings. The van der Waals surface area contributed by atoms with E-state index in [1.165, 1.54) is 76.8 Å². The Morgan fingerprint density at radius 3 is 1.71 bits per heavy atom. The van der Waals surface area contributed by atoms with E-state index in [9.17, 15) is 0 Å². The Labute approximate surface area is 164 Å². The molecule has 1 heterocycles. The van der Waals surface area contributed by atoms with Gasteiger partial charge in [0.05, 0.1) is 6.61 Å². The van der Waals surface area contributed by atoms with Crippen LogP contribution in [0.1, 0.15) is 5.56 Å². The van der Waals surface area contributed by atoms with Gasteiger partial charge in [-0.25, -0.2) is 0 Å². The molecule has 12 saturated carbocycles. The highest BCUT2D eigenvalue weighted by Gasteiger charge is 3.05. The number of hydrogen-bond acceptors (Lipinski definition) is 1. The molecule has 0 amide bonds. The van der Waals surface area contributed by atoms with E-state index in [0.717, 1.165) is 42.1 Å². The normalized spacial score (nSPS) is 87.0. The highest BCUT2D eigenvalue weighted by atomic mass is 16.5. The minimum atomic E-state index is 0.583. The predicted molar refractivity (Wildman–Crippen MR) is 98.9 cm³/mol. The molecule has 2 spiro atoms. The van der Waals surface area contributed by atoms with Crippen molar-refractivity contribution in [3.8, 4) is 5.75 Å². The Bertz CT molecular complexity index is 1090. The average molecular weight is 364 g/mol. The Hall–Kier alpha value is -0.980. The molecule has 28 heavy (non-hydrogen) atoms. The monoisotopic (exact) mass is 364 g/mol. The smallest absolute Gasteiger partial charge is 0.123 e. The van der Waals surface area contributed by atoms with E-state index < -0.39 is 0 Å². The van der Waals surface area contributed by atoms with Crippen LogP contribution in [0.25, 0.3) is 0 Å². The first-order chi connectivity index (χ1) is 13.9. The Kier molecular flexibility index (Phi) is 1.18. The Balaban J connectivity index is 1.33. The van der Waals surface area contributed by atoms with Gasteiger partial charge in [-0.15, -0.1) is 0 Å². The fourth-order valence-corrected chi connectivity index (χ4v) is 17.8. The number of benzene rings is 1. The lowest BCUT2D eigenvalue weighted by atomic mass is 9.54.